The zero-order valence-corrected chi connectivity index (χ0v) is 17.1. The van der Waals surface area contributed by atoms with E-state index in [1.807, 2.05) is 48.2 Å². The van der Waals surface area contributed by atoms with Crippen LogP contribution in [0, 0.1) is 11.6 Å². The van der Waals surface area contributed by atoms with Crippen molar-refractivity contribution in [1.82, 2.24) is 15.1 Å². The summed E-state index contributed by atoms with van der Waals surface area (Å²) in [7, 11) is 0. The number of carbonyl (C=O) groups excluding carboxylic acids is 1. The molecule has 2 aromatic carbocycles. The fourth-order valence-electron chi connectivity index (χ4n) is 3.51. The van der Waals surface area contributed by atoms with Gasteiger partial charge in [0.1, 0.15) is 17.4 Å². The summed E-state index contributed by atoms with van der Waals surface area (Å²) in [6, 6.07) is 14.5. The maximum atomic E-state index is 13.9. The molecule has 1 aromatic heterocycles. The second-order valence-electron chi connectivity index (χ2n) is 7.14. The van der Waals surface area contributed by atoms with Crippen molar-refractivity contribution in [2.24, 2.45) is 0 Å². The van der Waals surface area contributed by atoms with Gasteiger partial charge in [0, 0.05) is 37.8 Å². The van der Waals surface area contributed by atoms with Crippen LogP contribution in [-0.4, -0.2) is 53.8 Å². The van der Waals surface area contributed by atoms with Gasteiger partial charge in [-0.1, -0.05) is 0 Å². The average molecular weight is 424 g/mol. The van der Waals surface area contributed by atoms with Crippen LogP contribution in [-0.2, 0) is 0 Å². The number of benzene rings is 2. The number of carbonyl (C=O) groups is 1. The molecule has 6 nitrogen and oxygen atoms in total. The standard InChI is InChI=1S/C23H22F2N4O2/c1-2-31-18-6-3-16(4-7-18)21-9-10-22(27-26-21)28-11-13-29(14-12-28)23(30)19-8-5-17(24)15-20(19)25/h3-10,15H,2,11-14H2,1H3. The van der Waals surface area contributed by atoms with E-state index in [-0.39, 0.29) is 5.56 Å². The van der Waals surface area contributed by atoms with Gasteiger partial charge in [-0.15, -0.1) is 10.2 Å². The molecule has 0 atom stereocenters. The molecule has 0 bridgehead atoms. The topological polar surface area (TPSA) is 58.6 Å². The van der Waals surface area contributed by atoms with Gasteiger partial charge in [0.05, 0.1) is 17.9 Å². The van der Waals surface area contributed by atoms with Crippen LogP contribution in [0.25, 0.3) is 11.3 Å². The first kappa shape index (κ1) is 20.7. The Hall–Kier alpha value is -3.55. The molecule has 1 aliphatic heterocycles. The number of rotatable bonds is 5. The van der Waals surface area contributed by atoms with E-state index in [1.54, 1.807) is 4.90 Å². The van der Waals surface area contributed by atoms with Crippen molar-refractivity contribution in [3.63, 3.8) is 0 Å². The highest BCUT2D eigenvalue weighted by Gasteiger charge is 2.25. The largest absolute Gasteiger partial charge is 0.494 e. The lowest BCUT2D eigenvalue weighted by molar-refractivity contribution is 0.0741. The lowest BCUT2D eigenvalue weighted by atomic mass is 10.1. The van der Waals surface area contributed by atoms with Gasteiger partial charge >= 0.3 is 0 Å². The predicted octanol–water partition coefficient (Wildman–Crippen LogP) is 3.78. The molecule has 0 radical (unpaired) electrons. The minimum absolute atomic E-state index is 0.116. The van der Waals surface area contributed by atoms with Gasteiger partial charge in [-0.3, -0.25) is 4.79 Å². The van der Waals surface area contributed by atoms with Crippen LogP contribution >= 0.6 is 0 Å². The summed E-state index contributed by atoms with van der Waals surface area (Å²) in [5.74, 6) is -0.457. The summed E-state index contributed by atoms with van der Waals surface area (Å²) >= 11 is 0. The van der Waals surface area contributed by atoms with Crippen molar-refractivity contribution < 1.29 is 18.3 Å². The molecule has 3 aromatic rings. The summed E-state index contributed by atoms with van der Waals surface area (Å²) in [5, 5.41) is 8.65. The number of amides is 1. The summed E-state index contributed by atoms with van der Waals surface area (Å²) in [5.41, 5.74) is 1.58. The second-order valence-corrected chi connectivity index (χ2v) is 7.14. The van der Waals surface area contributed by atoms with Gasteiger partial charge in [0.25, 0.3) is 5.91 Å². The molecular weight excluding hydrogens is 402 g/mol. The SMILES string of the molecule is CCOc1ccc(-c2ccc(N3CCN(C(=O)c4ccc(F)cc4F)CC3)nn2)cc1. The van der Waals surface area contributed by atoms with Crippen molar-refractivity contribution in [3.8, 4) is 17.0 Å². The van der Waals surface area contributed by atoms with E-state index < -0.39 is 17.5 Å². The number of ether oxygens (including phenoxy) is 1. The summed E-state index contributed by atoms with van der Waals surface area (Å²) in [4.78, 5) is 16.1. The molecule has 2 heterocycles. The van der Waals surface area contributed by atoms with Crippen molar-refractivity contribution in [3.05, 3.63) is 71.8 Å². The minimum atomic E-state index is -0.844. The molecule has 0 N–H and O–H groups in total. The van der Waals surface area contributed by atoms with Crippen molar-refractivity contribution in [2.45, 2.75) is 6.92 Å². The van der Waals surface area contributed by atoms with Gasteiger partial charge in [0.2, 0.25) is 0 Å². The zero-order chi connectivity index (χ0) is 21.8. The number of aromatic nitrogens is 2. The summed E-state index contributed by atoms with van der Waals surface area (Å²) in [6.45, 7) is 4.48. The molecule has 0 spiro atoms. The highest BCUT2D eigenvalue weighted by molar-refractivity contribution is 5.94. The first-order chi connectivity index (χ1) is 15.0. The lowest BCUT2D eigenvalue weighted by Gasteiger charge is -2.35. The maximum absolute atomic E-state index is 13.9. The number of hydrogen-bond acceptors (Lipinski definition) is 5. The van der Waals surface area contributed by atoms with Crippen molar-refractivity contribution >= 4 is 11.7 Å². The Morgan fingerprint density at radius 3 is 2.32 bits per heavy atom. The van der Waals surface area contributed by atoms with E-state index >= 15 is 0 Å². The Bertz CT molecular complexity index is 1050. The minimum Gasteiger partial charge on any atom is -0.494 e. The Balaban J connectivity index is 1.38. The van der Waals surface area contributed by atoms with Crippen molar-refractivity contribution in [1.29, 1.82) is 0 Å². The second kappa shape index (κ2) is 9.07. The van der Waals surface area contributed by atoms with Crippen LogP contribution in [0.15, 0.2) is 54.6 Å². The number of nitrogens with zero attached hydrogens (tertiary/aromatic N) is 4. The van der Waals surface area contributed by atoms with Crippen molar-refractivity contribution in [2.75, 3.05) is 37.7 Å². The number of hydrogen-bond donors (Lipinski definition) is 0. The predicted molar refractivity (Wildman–Crippen MR) is 113 cm³/mol. The van der Waals surface area contributed by atoms with E-state index in [0.29, 0.717) is 32.8 Å². The third kappa shape index (κ3) is 4.63. The van der Waals surface area contributed by atoms with E-state index in [1.165, 1.54) is 6.07 Å². The van der Waals surface area contributed by atoms with Gasteiger partial charge in [-0.05, 0) is 55.5 Å². The molecule has 0 aliphatic carbocycles. The van der Waals surface area contributed by atoms with E-state index in [2.05, 4.69) is 10.2 Å². The molecule has 8 heteroatoms. The van der Waals surface area contributed by atoms with Gasteiger partial charge in [-0.2, -0.15) is 0 Å². The van der Waals surface area contributed by atoms with Crippen LogP contribution in [0.3, 0.4) is 0 Å². The maximum Gasteiger partial charge on any atom is 0.256 e. The molecule has 1 saturated heterocycles. The van der Waals surface area contributed by atoms with Gasteiger partial charge < -0.3 is 14.5 Å². The van der Waals surface area contributed by atoms with E-state index in [4.69, 9.17) is 4.74 Å². The molecule has 0 unspecified atom stereocenters. The third-order valence-electron chi connectivity index (χ3n) is 5.16. The molecule has 1 aliphatic rings. The van der Waals surface area contributed by atoms with Gasteiger partial charge in [-0.25, -0.2) is 8.78 Å². The van der Waals surface area contributed by atoms with Crippen LogP contribution in [0.1, 0.15) is 17.3 Å². The quantitative estimate of drug-likeness (QED) is 0.624. The zero-order valence-electron chi connectivity index (χ0n) is 17.1. The molecule has 0 saturated carbocycles. The monoisotopic (exact) mass is 424 g/mol. The average Bonchev–Trinajstić information content (AvgIpc) is 2.80. The number of halogens is 2. The molecule has 31 heavy (non-hydrogen) atoms. The first-order valence-corrected chi connectivity index (χ1v) is 10.1. The third-order valence-corrected chi connectivity index (χ3v) is 5.16. The number of piperazine rings is 1. The van der Waals surface area contributed by atoms with Crippen LogP contribution in [0.5, 0.6) is 5.75 Å². The molecule has 1 fully saturated rings. The number of anilines is 1. The molecule has 160 valence electrons. The van der Waals surface area contributed by atoms with Crippen LogP contribution in [0.2, 0.25) is 0 Å². The molecule has 1 amide bonds. The Labute approximate surface area is 179 Å². The summed E-state index contributed by atoms with van der Waals surface area (Å²) < 4.78 is 32.5. The van der Waals surface area contributed by atoms with Crippen LogP contribution in [0.4, 0.5) is 14.6 Å². The smallest absolute Gasteiger partial charge is 0.256 e. The fraction of sp³-hybridized carbons (Fsp3) is 0.261. The highest BCUT2D eigenvalue weighted by atomic mass is 19.1. The fourth-order valence-corrected chi connectivity index (χ4v) is 3.51. The van der Waals surface area contributed by atoms with Gasteiger partial charge in [0.15, 0.2) is 5.82 Å². The Kier molecular flexibility index (Phi) is 6.06. The normalized spacial score (nSPS) is 13.9. The molecule has 4 rings (SSSR count). The summed E-state index contributed by atoms with van der Waals surface area (Å²) in [6.07, 6.45) is 0. The van der Waals surface area contributed by atoms with Crippen LogP contribution < -0.4 is 9.64 Å². The Morgan fingerprint density at radius 2 is 1.71 bits per heavy atom. The highest BCUT2D eigenvalue weighted by Crippen LogP contribution is 2.22. The lowest BCUT2D eigenvalue weighted by Crippen LogP contribution is -2.49. The molecular formula is C23H22F2N4O2. The van der Waals surface area contributed by atoms with E-state index in [0.717, 1.165) is 35.0 Å². The Morgan fingerprint density at radius 1 is 0.968 bits per heavy atom. The first-order valence-electron chi connectivity index (χ1n) is 10.1. The van der Waals surface area contributed by atoms with E-state index in [9.17, 15) is 13.6 Å².